The minimum Gasteiger partial charge on any atom is -0.574 e. The predicted molar refractivity (Wildman–Crippen MR) is 51.3 cm³/mol. The molecule has 74 valence electrons. The van der Waals surface area contributed by atoms with Crippen LogP contribution in [0.5, 0.6) is 0 Å². The second-order valence-electron chi connectivity index (χ2n) is 2.55. The molecule has 0 aliphatic carbocycles. The third-order valence-electron chi connectivity index (χ3n) is 1.59. The molecule has 0 aliphatic heterocycles. The van der Waals surface area contributed by atoms with Gasteiger partial charge in [-0.25, -0.2) is 0 Å². The fourth-order valence-corrected chi connectivity index (χ4v) is 0.967. The van der Waals surface area contributed by atoms with Crippen LogP contribution >= 0.6 is 0 Å². The first-order valence-corrected chi connectivity index (χ1v) is 3.98. The summed E-state index contributed by atoms with van der Waals surface area (Å²) in [5.74, 6) is 0. The molecule has 14 heavy (non-hydrogen) atoms. The Morgan fingerprint density at radius 2 is 1.93 bits per heavy atom. The summed E-state index contributed by atoms with van der Waals surface area (Å²) in [5, 5.41) is 7.53. The Labute approximate surface area is 92.7 Å². The van der Waals surface area contributed by atoms with Gasteiger partial charge in [-0.15, -0.1) is 5.69 Å². The quantitative estimate of drug-likeness (QED) is 0.586. The summed E-state index contributed by atoms with van der Waals surface area (Å²) in [5.41, 5.74) is 1.70. The van der Waals surface area contributed by atoms with Crippen molar-refractivity contribution in [2.45, 2.75) is 0 Å². The second-order valence-corrected chi connectivity index (χ2v) is 2.55. The Morgan fingerprint density at radius 3 is 2.57 bits per heavy atom. The molecule has 0 fully saturated rings. The van der Waals surface area contributed by atoms with Gasteiger partial charge in [0.25, 0.3) is 0 Å². The Bertz CT molecular complexity index is 381. The molecule has 4 heteroatoms. The summed E-state index contributed by atoms with van der Waals surface area (Å²) in [6.07, 6.45) is 3.34. The molecule has 0 N–H and O–H groups in total. The number of benzene rings is 1. The molecule has 0 saturated carbocycles. The van der Waals surface area contributed by atoms with Crippen molar-refractivity contribution < 1.29 is 17.1 Å². The molecule has 0 bridgehead atoms. The first-order valence-electron chi connectivity index (χ1n) is 3.98. The van der Waals surface area contributed by atoms with Gasteiger partial charge in [-0.2, -0.15) is 0 Å². The zero-order valence-electron chi connectivity index (χ0n) is 7.26. The molecule has 1 aromatic carbocycles. The number of rotatable bonds is 2. The molecule has 2 aromatic rings. The molecule has 1 heterocycles. The Morgan fingerprint density at radius 1 is 1.14 bits per heavy atom. The SMILES string of the molecule is C(=Nc1ccccc1)c1ccn[n-]1.[Cu+]. The van der Waals surface area contributed by atoms with Crippen LogP contribution in [-0.4, -0.2) is 11.3 Å². The van der Waals surface area contributed by atoms with Crippen LogP contribution in [0.15, 0.2) is 47.6 Å². The third kappa shape index (κ3) is 2.83. The van der Waals surface area contributed by atoms with E-state index in [9.17, 15) is 0 Å². The maximum atomic E-state index is 4.22. The average molecular weight is 234 g/mol. The van der Waals surface area contributed by atoms with Gasteiger partial charge in [-0.05, 0) is 12.1 Å². The molecule has 2 rings (SSSR count). The standard InChI is InChI=1S/C10H8N3.Cu/c1-2-4-9(5-3-1)11-8-10-6-7-12-13-10;/h1-8H;/q-1;+1. The van der Waals surface area contributed by atoms with Gasteiger partial charge in [0.1, 0.15) is 0 Å². The Hall–Kier alpha value is -1.38. The fraction of sp³-hybridized carbons (Fsp3) is 0. The summed E-state index contributed by atoms with van der Waals surface area (Å²) >= 11 is 0. The minimum absolute atomic E-state index is 0. The maximum absolute atomic E-state index is 4.22. The van der Waals surface area contributed by atoms with E-state index >= 15 is 0 Å². The summed E-state index contributed by atoms with van der Waals surface area (Å²) in [6.45, 7) is 0. The zero-order valence-corrected chi connectivity index (χ0v) is 8.20. The molecule has 0 atom stereocenters. The Balaban J connectivity index is 0.000000980. The van der Waals surface area contributed by atoms with Crippen molar-refractivity contribution in [3.8, 4) is 0 Å². The van der Waals surface area contributed by atoms with Crippen LogP contribution in [0.4, 0.5) is 5.69 Å². The van der Waals surface area contributed by atoms with E-state index in [1.807, 2.05) is 36.4 Å². The number of nitrogens with zero attached hydrogens (tertiary/aromatic N) is 3. The topological polar surface area (TPSA) is 39.4 Å². The van der Waals surface area contributed by atoms with Crippen LogP contribution < -0.4 is 5.10 Å². The van der Waals surface area contributed by atoms with Gasteiger partial charge in [0.05, 0.1) is 5.69 Å². The molecule has 0 saturated heterocycles. The van der Waals surface area contributed by atoms with Gasteiger partial charge in [-0.3, -0.25) is 4.99 Å². The van der Waals surface area contributed by atoms with Crippen LogP contribution in [0.3, 0.4) is 0 Å². The second kappa shape index (κ2) is 5.37. The minimum atomic E-state index is 0. The van der Waals surface area contributed by atoms with Gasteiger partial charge in [0.2, 0.25) is 0 Å². The first kappa shape index (κ1) is 10.7. The molecule has 0 aliphatic rings. The van der Waals surface area contributed by atoms with Gasteiger partial charge in [-0.1, -0.05) is 24.3 Å². The van der Waals surface area contributed by atoms with Gasteiger partial charge in [0, 0.05) is 12.4 Å². The van der Waals surface area contributed by atoms with Gasteiger partial charge < -0.3 is 10.2 Å². The largest absolute Gasteiger partial charge is 1.00 e. The van der Waals surface area contributed by atoms with E-state index in [1.54, 1.807) is 12.4 Å². The monoisotopic (exact) mass is 233 g/mol. The van der Waals surface area contributed by atoms with Crippen LogP contribution in [-0.2, 0) is 17.1 Å². The molecule has 3 nitrogen and oxygen atoms in total. The summed E-state index contributed by atoms with van der Waals surface area (Å²) < 4.78 is 0. The van der Waals surface area contributed by atoms with E-state index in [1.165, 1.54) is 0 Å². The number of aliphatic imine (C=N–C) groups is 1. The van der Waals surface area contributed by atoms with Crippen LogP contribution in [0, 0.1) is 0 Å². The number of hydrogen-bond donors (Lipinski definition) is 0. The van der Waals surface area contributed by atoms with E-state index in [-0.39, 0.29) is 17.1 Å². The molecular formula is C10H8CuN3. The molecule has 0 amide bonds. The van der Waals surface area contributed by atoms with Crippen LogP contribution in [0.2, 0.25) is 0 Å². The summed E-state index contributed by atoms with van der Waals surface area (Å²) in [6, 6.07) is 11.5. The van der Waals surface area contributed by atoms with E-state index in [0.717, 1.165) is 11.4 Å². The van der Waals surface area contributed by atoms with E-state index in [2.05, 4.69) is 15.2 Å². The number of hydrogen-bond acceptors (Lipinski definition) is 2. The van der Waals surface area contributed by atoms with E-state index in [4.69, 9.17) is 0 Å². The fourth-order valence-electron chi connectivity index (χ4n) is 0.967. The number of para-hydroxylation sites is 1. The summed E-state index contributed by atoms with van der Waals surface area (Å²) in [7, 11) is 0. The molecule has 0 unspecified atom stereocenters. The van der Waals surface area contributed by atoms with Crippen LogP contribution in [0.25, 0.3) is 0 Å². The molecule has 1 aromatic heterocycles. The van der Waals surface area contributed by atoms with Gasteiger partial charge in [0.15, 0.2) is 0 Å². The number of aromatic nitrogens is 2. The van der Waals surface area contributed by atoms with Crippen molar-refractivity contribution in [2.24, 2.45) is 4.99 Å². The van der Waals surface area contributed by atoms with Crippen molar-refractivity contribution in [3.63, 3.8) is 0 Å². The maximum Gasteiger partial charge on any atom is 1.00 e. The van der Waals surface area contributed by atoms with Crippen molar-refractivity contribution in [1.82, 2.24) is 10.2 Å². The smallest absolute Gasteiger partial charge is 0.574 e. The van der Waals surface area contributed by atoms with Gasteiger partial charge >= 0.3 is 17.1 Å². The molecule has 0 radical (unpaired) electrons. The molecule has 0 spiro atoms. The van der Waals surface area contributed by atoms with Crippen molar-refractivity contribution in [1.29, 1.82) is 0 Å². The normalized spacial score (nSPS) is 10.0. The Kier molecular flexibility index (Phi) is 4.10. The molecular weight excluding hydrogens is 226 g/mol. The van der Waals surface area contributed by atoms with E-state index < -0.39 is 0 Å². The predicted octanol–water partition coefficient (Wildman–Crippen LogP) is 1.79. The third-order valence-corrected chi connectivity index (χ3v) is 1.59. The first-order chi connectivity index (χ1) is 6.45. The summed E-state index contributed by atoms with van der Waals surface area (Å²) in [4.78, 5) is 4.22. The average Bonchev–Trinajstić information content (AvgIpc) is 2.69. The van der Waals surface area contributed by atoms with E-state index in [0.29, 0.717) is 0 Å². The van der Waals surface area contributed by atoms with Crippen molar-refractivity contribution >= 4 is 11.9 Å². The van der Waals surface area contributed by atoms with Crippen molar-refractivity contribution in [3.05, 3.63) is 48.3 Å². The zero-order chi connectivity index (χ0) is 8.93. The van der Waals surface area contributed by atoms with Crippen LogP contribution in [0.1, 0.15) is 5.69 Å². The van der Waals surface area contributed by atoms with Crippen molar-refractivity contribution in [2.75, 3.05) is 0 Å².